The van der Waals surface area contributed by atoms with Crippen molar-refractivity contribution in [1.29, 1.82) is 0 Å². The first-order chi connectivity index (χ1) is 56.1. The number of hydrogen-bond donors (Lipinski definition) is 2. The second kappa shape index (κ2) is 40.2. The van der Waals surface area contributed by atoms with Gasteiger partial charge in [-0.15, -0.1) is 13.2 Å². The molecule has 8 fully saturated rings. The van der Waals surface area contributed by atoms with Crippen molar-refractivity contribution in [3.05, 3.63) is 61.2 Å². The van der Waals surface area contributed by atoms with Gasteiger partial charge in [0.15, 0.2) is 0 Å². The van der Waals surface area contributed by atoms with Crippen LogP contribution < -0.4 is 10.6 Å². The molecular weight excluding hydrogens is 1700 g/mol. The largest absolute Gasteiger partial charge is 0.443 e. The number of carbonyl (C=O) groups is 13. The molecule has 0 bridgehead atoms. The van der Waals surface area contributed by atoms with Crippen LogP contribution in [-0.2, 0) is 68.6 Å². The number of halogens is 18. The first-order valence-electron chi connectivity index (χ1n) is 39.2. The number of aldehydes is 2. The minimum absolute atomic E-state index is 0.00975. The monoisotopic (exact) mass is 1810 g/mol. The van der Waals surface area contributed by atoms with E-state index in [-0.39, 0.29) is 70.7 Å². The number of allylic oxidation sites excluding steroid dienone is 2. The van der Waals surface area contributed by atoms with Crippen LogP contribution in [0.4, 0.5) is 103 Å². The van der Waals surface area contributed by atoms with E-state index in [9.17, 15) is 141 Å². The van der Waals surface area contributed by atoms with Crippen molar-refractivity contribution in [3.8, 4) is 0 Å². The molecule has 8 saturated heterocycles. The maximum absolute atomic E-state index is 13.7. The summed E-state index contributed by atoms with van der Waals surface area (Å²) in [4.78, 5) is 157. The average Bonchev–Trinajstić information content (AvgIpc) is 1.61. The first-order valence-corrected chi connectivity index (χ1v) is 39.2. The zero-order chi connectivity index (χ0) is 95.5. The Morgan fingerprint density at radius 2 is 0.710 bits per heavy atom. The van der Waals surface area contributed by atoms with Crippen molar-refractivity contribution in [1.82, 2.24) is 40.0 Å². The van der Waals surface area contributed by atoms with Crippen molar-refractivity contribution in [2.45, 2.75) is 314 Å². The van der Waals surface area contributed by atoms with Crippen LogP contribution in [0.3, 0.4) is 0 Å². The number of rotatable bonds is 10. The van der Waals surface area contributed by atoms with E-state index in [0.29, 0.717) is 63.3 Å². The fraction of sp³-hybridized carbons (Fsp3) is 0.713. The average molecular weight is 1810 g/mol. The summed E-state index contributed by atoms with van der Waals surface area (Å²) in [7, 11) is 0. The maximum Gasteiger partial charge on any atom is 0.417 e. The smallest absolute Gasteiger partial charge is 0.417 e. The predicted octanol–water partition coefficient (Wildman–Crippen LogP) is 16.6. The molecule has 0 radical (unpaired) electrons. The molecule has 26 nitrogen and oxygen atoms in total. The van der Waals surface area contributed by atoms with Gasteiger partial charge in [-0.05, 0) is 213 Å². The van der Waals surface area contributed by atoms with Crippen molar-refractivity contribution in [2.75, 3.05) is 26.2 Å². The number of ether oxygens (including phenoxy) is 5. The molecule has 0 aromatic heterocycles. The molecule has 8 aliphatic heterocycles. The lowest BCUT2D eigenvalue weighted by Crippen LogP contribution is -2.50. The number of imide groups is 5. The van der Waals surface area contributed by atoms with Gasteiger partial charge < -0.3 is 43.9 Å². The summed E-state index contributed by atoms with van der Waals surface area (Å²) in [5, 5.41) is 4.85. The highest BCUT2D eigenvalue weighted by Gasteiger charge is 2.67. The van der Waals surface area contributed by atoms with E-state index in [1.807, 2.05) is 35.6 Å². The number of likely N-dealkylation sites (tertiary alicyclic amines) is 6. The number of benzene rings is 1. The molecule has 11 amide bonds. The molecular formula is C80H108F18N8O18. The SMILES string of the molecule is C=CCC1(CC=C)C[C@@H](C(F)(F)F)N(C(=O)OC(C)(C)C)C1=O.CC(C)(C)OC(=O)N1C(=O)C(CC=O)(CC=O)C[C@H]1C(F)(F)F.CC(C)(C)OC(=O)N1C(=O)C2(CCN(Cc3ccccc3)CC2)C[C@H]1C(F)(F)F.CC(C)(C)OC(=O)N1C(=O)C2(CCNCC2)C[C@H]1C(F)(F)F.CC(C)(C)OC(=O)N1C(=O)CC[C@H]1C(F)(F)F.O=C1CC[C@@H](C(F)(F)F)N1. The van der Waals surface area contributed by atoms with Crippen LogP contribution in [0.1, 0.15) is 212 Å². The van der Waals surface area contributed by atoms with Crippen LogP contribution in [-0.4, -0.2) is 235 Å². The highest BCUT2D eigenvalue weighted by Crippen LogP contribution is 2.53. The Morgan fingerprint density at radius 3 is 0.992 bits per heavy atom. The lowest BCUT2D eigenvalue weighted by Gasteiger charge is -2.37. The maximum atomic E-state index is 13.7. The summed E-state index contributed by atoms with van der Waals surface area (Å²) < 4.78 is 258. The Balaban J connectivity index is 0.000000318. The third-order valence-corrected chi connectivity index (χ3v) is 20.4. The van der Waals surface area contributed by atoms with E-state index in [0.717, 1.165) is 5.56 Å². The fourth-order valence-electron chi connectivity index (χ4n) is 14.8. The lowest BCUT2D eigenvalue weighted by atomic mass is 9.76. The second-order valence-electron chi connectivity index (χ2n) is 36.1. The zero-order valence-electron chi connectivity index (χ0n) is 71.3. The minimum Gasteiger partial charge on any atom is -0.443 e. The number of nitrogens with one attached hydrogen (secondary N) is 2. The van der Waals surface area contributed by atoms with E-state index < -0.39 is 227 Å². The van der Waals surface area contributed by atoms with E-state index in [4.69, 9.17) is 23.7 Å². The zero-order valence-corrected chi connectivity index (χ0v) is 71.3. The molecule has 124 heavy (non-hydrogen) atoms. The highest BCUT2D eigenvalue weighted by molar-refractivity contribution is 6.01. The standard InChI is InChI=1S/C21H27F3N2O3.C16H22F3NO3.C14H21F3N2O3.C14H18F3NO5.C10H14F3NO3.C5H6F3NO/c1-19(2,3)29-18(28)26-16(21(22,23)24)13-20(17(26)27)9-11-25(12-10-20)14-15-7-5-4-6-8-15;1-6-8-15(9-7-2)10-11(16(17,18)19)20(12(15)21)13(22)23-14(3,4)5;1-12(2,3)22-11(21)19-9(14(15,16)17)8-13(10(19)20)4-6-18-7-5-13;1-12(2,3)23-11(22)18-9(14(15,16)17)8-13(4-6-19,5-7-20)10(18)21;1-9(2,3)17-8(16)14-6(10(11,12)13)4-5-7(14)15;6-5(7,8)3-1-2-4(10)9-3/h4-8,16H,9-14H2,1-3H3;6-7,11H,1-2,8-10H2,3-5H3;9,18H,4-8H2,1-3H3;6-7,9H,4-5,8H2,1-3H3;6H,4-5H2,1-3H3;3H,1-2H2,(H,9,10)/t16-;11-;2*9-;6-;3-/m000000/s1. The Bertz CT molecular complexity index is 3860. The van der Waals surface area contributed by atoms with Gasteiger partial charge in [0.05, 0.1) is 21.7 Å². The lowest BCUT2D eigenvalue weighted by molar-refractivity contribution is -0.177. The minimum atomic E-state index is -4.89. The molecule has 6 atom stereocenters. The van der Waals surface area contributed by atoms with Gasteiger partial charge in [-0.25, -0.2) is 48.5 Å². The van der Waals surface area contributed by atoms with Gasteiger partial charge in [0.25, 0.3) is 0 Å². The summed E-state index contributed by atoms with van der Waals surface area (Å²) in [6.07, 6.45) is -33.7. The molecule has 0 saturated carbocycles. The van der Waals surface area contributed by atoms with Crippen LogP contribution in [0, 0.1) is 21.7 Å². The van der Waals surface area contributed by atoms with Crippen LogP contribution in [0.15, 0.2) is 55.6 Å². The van der Waals surface area contributed by atoms with Gasteiger partial charge in [0.2, 0.25) is 35.4 Å². The van der Waals surface area contributed by atoms with E-state index in [1.165, 1.54) is 74.5 Å². The van der Waals surface area contributed by atoms with Crippen LogP contribution >= 0.6 is 0 Å². The number of alkyl halides is 18. The molecule has 1 aromatic carbocycles. The molecule has 702 valence electrons. The quantitative estimate of drug-likeness (QED) is 0.0951. The first kappa shape index (κ1) is 107. The number of piperidine rings is 2. The topological polar surface area (TPSA) is 312 Å². The predicted molar refractivity (Wildman–Crippen MR) is 403 cm³/mol. The normalized spacial score (nSPS) is 22.9. The Morgan fingerprint density at radius 1 is 0.403 bits per heavy atom. The third-order valence-electron chi connectivity index (χ3n) is 20.4. The van der Waals surface area contributed by atoms with Gasteiger partial charge in [0, 0.05) is 32.2 Å². The molecule has 0 unspecified atom stereocenters. The summed E-state index contributed by atoms with van der Waals surface area (Å²) in [5.74, 6) is -4.98. The molecule has 8 heterocycles. The Hall–Kier alpha value is -9.13. The van der Waals surface area contributed by atoms with Crippen LogP contribution in [0.2, 0.25) is 0 Å². The molecule has 2 spiro atoms. The van der Waals surface area contributed by atoms with Crippen LogP contribution in [0.25, 0.3) is 0 Å². The molecule has 8 aliphatic rings. The van der Waals surface area contributed by atoms with Gasteiger partial charge >= 0.3 is 67.5 Å². The summed E-state index contributed by atoms with van der Waals surface area (Å²) >= 11 is 0. The summed E-state index contributed by atoms with van der Waals surface area (Å²) in [5.41, 5.74) is -9.36. The number of nitrogens with zero attached hydrogens (tertiary/aromatic N) is 6. The Labute approximate surface area is 704 Å². The number of carbonyl (C=O) groups excluding carboxylic acids is 13. The third kappa shape index (κ3) is 29.2. The highest BCUT2D eigenvalue weighted by atomic mass is 19.4. The van der Waals surface area contributed by atoms with E-state index in [2.05, 4.69) is 23.4 Å². The molecule has 1 aromatic rings. The van der Waals surface area contributed by atoms with Crippen molar-refractivity contribution < 1.29 is 165 Å². The second-order valence-corrected chi connectivity index (χ2v) is 36.1. The van der Waals surface area contributed by atoms with E-state index in [1.54, 1.807) is 41.5 Å². The van der Waals surface area contributed by atoms with Gasteiger partial charge in [0.1, 0.15) is 76.8 Å². The van der Waals surface area contributed by atoms with E-state index >= 15 is 0 Å². The molecule has 0 aliphatic carbocycles. The summed E-state index contributed by atoms with van der Waals surface area (Å²) in [6, 6.07) is -2.75. The number of amides is 11. The fourth-order valence-corrected chi connectivity index (χ4v) is 14.8. The van der Waals surface area contributed by atoms with Crippen molar-refractivity contribution in [2.24, 2.45) is 21.7 Å². The molecule has 44 heteroatoms. The molecule has 2 N–H and O–H groups in total. The van der Waals surface area contributed by atoms with Gasteiger partial charge in [-0.2, -0.15) is 79.0 Å². The van der Waals surface area contributed by atoms with Crippen molar-refractivity contribution >= 4 is 78.5 Å². The summed E-state index contributed by atoms with van der Waals surface area (Å²) in [6.45, 7) is 32.4. The van der Waals surface area contributed by atoms with Crippen LogP contribution in [0.5, 0.6) is 0 Å². The molecule has 9 rings (SSSR count). The number of hydrogen-bond acceptors (Lipinski definition) is 20. The Kier molecular flexibility index (Phi) is 34.8. The van der Waals surface area contributed by atoms with Gasteiger partial charge in [-0.1, -0.05) is 42.5 Å². The van der Waals surface area contributed by atoms with Crippen molar-refractivity contribution in [3.63, 3.8) is 0 Å². The van der Waals surface area contributed by atoms with Gasteiger partial charge in [-0.3, -0.25) is 33.7 Å².